The van der Waals surface area contributed by atoms with Gasteiger partial charge in [-0.15, -0.1) is 0 Å². The van der Waals surface area contributed by atoms with E-state index in [9.17, 15) is 9.59 Å². The molecule has 2 aromatic carbocycles. The molecular weight excluding hydrogens is 368 g/mol. The molecule has 6 heteroatoms. The topological polar surface area (TPSA) is 76.7 Å². The molecule has 0 aromatic heterocycles. The van der Waals surface area contributed by atoms with Gasteiger partial charge in [-0.3, -0.25) is 9.59 Å². The van der Waals surface area contributed by atoms with Crippen molar-refractivity contribution in [2.45, 2.75) is 38.0 Å². The summed E-state index contributed by atoms with van der Waals surface area (Å²) in [6, 6.07) is 13.2. The van der Waals surface area contributed by atoms with Gasteiger partial charge in [0, 0.05) is 17.6 Å². The van der Waals surface area contributed by atoms with Crippen molar-refractivity contribution in [1.29, 1.82) is 0 Å². The Kier molecular flexibility index (Phi) is 6.42. The van der Waals surface area contributed by atoms with Gasteiger partial charge in [-0.2, -0.15) is 0 Å². The first-order chi connectivity index (χ1) is 14.0. The van der Waals surface area contributed by atoms with E-state index < -0.39 is 11.8 Å². The van der Waals surface area contributed by atoms with Gasteiger partial charge >= 0.3 is 11.8 Å². The number of carbonyl (C=O) groups excluding carboxylic acids is 2. The summed E-state index contributed by atoms with van der Waals surface area (Å²) in [6.07, 6.45) is 4.06. The van der Waals surface area contributed by atoms with Gasteiger partial charge in [0.05, 0.1) is 14.2 Å². The minimum atomic E-state index is -0.658. The van der Waals surface area contributed by atoms with Crippen molar-refractivity contribution in [3.05, 3.63) is 53.6 Å². The first-order valence-electron chi connectivity index (χ1n) is 9.86. The van der Waals surface area contributed by atoms with Crippen LogP contribution in [0, 0.1) is 6.92 Å². The highest BCUT2D eigenvalue weighted by molar-refractivity contribution is 6.39. The smallest absolute Gasteiger partial charge is 0.313 e. The van der Waals surface area contributed by atoms with E-state index in [4.69, 9.17) is 9.47 Å². The third-order valence-corrected chi connectivity index (χ3v) is 5.66. The molecule has 1 aliphatic rings. The SMILES string of the molecule is COc1ccc(C2(CNC(=O)C(=O)Nc3ccc(C)cc3)CCCC2)cc1OC. The number of ether oxygens (including phenoxy) is 2. The Labute approximate surface area is 171 Å². The van der Waals surface area contributed by atoms with Crippen molar-refractivity contribution in [3.8, 4) is 11.5 Å². The fourth-order valence-electron chi connectivity index (χ4n) is 3.94. The summed E-state index contributed by atoms with van der Waals surface area (Å²) < 4.78 is 10.8. The predicted octanol–water partition coefficient (Wildman–Crippen LogP) is 3.58. The van der Waals surface area contributed by atoms with Gasteiger partial charge in [-0.05, 0) is 49.6 Å². The molecule has 0 spiro atoms. The average molecular weight is 396 g/mol. The second kappa shape index (κ2) is 8.99. The molecule has 6 nitrogen and oxygen atoms in total. The standard InChI is InChI=1S/C23H28N2O4/c1-16-6-9-18(10-7-16)25-22(27)21(26)24-15-23(12-4-5-13-23)17-8-11-19(28-2)20(14-17)29-3/h6-11,14H,4-5,12-13,15H2,1-3H3,(H,24,26)(H,25,27). The summed E-state index contributed by atoms with van der Waals surface area (Å²) in [7, 11) is 3.22. The fraction of sp³-hybridized carbons (Fsp3) is 0.391. The molecule has 1 fully saturated rings. The van der Waals surface area contributed by atoms with Crippen LogP contribution in [0.5, 0.6) is 11.5 Å². The molecule has 0 aliphatic heterocycles. The van der Waals surface area contributed by atoms with Crippen molar-refractivity contribution < 1.29 is 19.1 Å². The Bertz CT molecular complexity index is 871. The first-order valence-corrected chi connectivity index (χ1v) is 9.86. The molecule has 1 saturated carbocycles. The maximum absolute atomic E-state index is 12.4. The highest BCUT2D eigenvalue weighted by Crippen LogP contribution is 2.43. The molecule has 3 rings (SSSR count). The lowest BCUT2D eigenvalue weighted by Crippen LogP contribution is -2.43. The minimum Gasteiger partial charge on any atom is -0.493 e. The molecule has 0 atom stereocenters. The first kappa shape index (κ1) is 20.7. The van der Waals surface area contributed by atoms with E-state index in [-0.39, 0.29) is 5.41 Å². The van der Waals surface area contributed by atoms with Crippen LogP contribution in [0.2, 0.25) is 0 Å². The molecule has 0 heterocycles. The Hall–Kier alpha value is -3.02. The molecule has 1 aliphatic carbocycles. The van der Waals surface area contributed by atoms with E-state index in [0.717, 1.165) is 36.8 Å². The van der Waals surface area contributed by atoms with Gasteiger partial charge in [0.2, 0.25) is 0 Å². The van der Waals surface area contributed by atoms with Gasteiger partial charge in [0.15, 0.2) is 11.5 Å². The van der Waals surface area contributed by atoms with Crippen LogP contribution < -0.4 is 20.1 Å². The summed E-state index contributed by atoms with van der Waals surface area (Å²) in [5.41, 5.74) is 2.57. The molecule has 154 valence electrons. The van der Waals surface area contributed by atoms with E-state index in [1.807, 2.05) is 37.3 Å². The minimum absolute atomic E-state index is 0.209. The molecule has 0 saturated heterocycles. The van der Waals surface area contributed by atoms with Gasteiger partial charge in [0.25, 0.3) is 0 Å². The zero-order valence-corrected chi connectivity index (χ0v) is 17.2. The highest BCUT2D eigenvalue weighted by atomic mass is 16.5. The second-order valence-electron chi connectivity index (χ2n) is 7.56. The van der Waals surface area contributed by atoms with E-state index >= 15 is 0 Å². The number of hydrogen-bond donors (Lipinski definition) is 2. The average Bonchev–Trinajstić information content (AvgIpc) is 3.23. The highest BCUT2D eigenvalue weighted by Gasteiger charge is 2.37. The van der Waals surface area contributed by atoms with Crippen molar-refractivity contribution in [2.75, 3.05) is 26.1 Å². The van der Waals surface area contributed by atoms with E-state index in [1.165, 1.54) is 0 Å². The van der Waals surface area contributed by atoms with Crippen LogP contribution >= 0.6 is 0 Å². The van der Waals surface area contributed by atoms with Crippen LogP contribution in [0.3, 0.4) is 0 Å². The van der Waals surface area contributed by atoms with Crippen LogP contribution in [0.4, 0.5) is 5.69 Å². The van der Waals surface area contributed by atoms with Crippen molar-refractivity contribution in [3.63, 3.8) is 0 Å². The number of aryl methyl sites for hydroxylation is 1. The molecule has 2 N–H and O–H groups in total. The summed E-state index contributed by atoms with van der Waals surface area (Å²) >= 11 is 0. The van der Waals surface area contributed by atoms with Crippen molar-refractivity contribution >= 4 is 17.5 Å². The lowest BCUT2D eigenvalue weighted by molar-refractivity contribution is -0.136. The molecule has 2 aromatic rings. The van der Waals surface area contributed by atoms with Gasteiger partial charge in [0.1, 0.15) is 0 Å². The van der Waals surface area contributed by atoms with Crippen LogP contribution in [-0.2, 0) is 15.0 Å². The zero-order chi connectivity index (χ0) is 20.9. The van der Waals surface area contributed by atoms with Crippen molar-refractivity contribution in [2.24, 2.45) is 0 Å². The number of carbonyl (C=O) groups is 2. The Morgan fingerprint density at radius 3 is 2.21 bits per heavy atom. The number of nitrogens with one attached hydrogen (secondary N) is 2. The summed E-state index contributed by atoms with van der Waals surface area (Å²) in [4.78, 5) is 24.7. The number of anilines is 1. The third kappa shape index (κ3) is 4.70. The van der Waals surface area contributed by atoms with Crippen molar-refractivity contribution in [1.82, 2.24) is 5.32 Å². The monoisotopic (exact) mass is 396 g/mol. The quantitative estimate of drug-likeness (QED) is 0.732. The fourth-order valence-corrected chi connectivity index (χ4v) is 3.94. The molecule has 29 heavy (non-hydrogen) atoms. The van der Waals surface area contributed by atoms with E-state index in [2.05, 4.69) is 10.6 Å². The summed E-state index contributed by atoms with van der Waals surface area (Å²) in [5.74, 6) is 0.0530. The Morgan fingerprint density at radius 1 is 0.931 bits per heavy atom. The van der Waals surface area contributed by atoms with Crippen LogP contribution in [0.1, 0.15) is 36.8 Å². The normalized spacial score (nSPS) is 14.9. The maximum Gasteiger partial charge on any atom is 0.313 e. The Balaban J connectivity index is 1.69. The van der Waals surface area contributed by atoms with Gasteiger partial charge in [-0.25, -0.2) is 0 Å². The lowest BCUT2D eigenvalue weighted by atomic mass is 9.78. The van der Waals surface area contributed by atoms with E-state index in [1.54, 1.807) is 26.4 Å². The second-order valence-corrected chi connectivity index (χ2v) is 7.56. The predicted molar refractivity (Wildman–Crippen MR) is 113 cm³/mol. The van der Waals surface area contributed by atoms with Crippen LogP contribution in [0.25, 0.3) is 0 Å². The largest absolute Gasteiger partial charge is 0.493 e. The molecule has 0 radical (unpaired) electrons. The van der Waals surface area contributed by atoms with Gasteiger partial charge in [-0.1, -0.05) is 36.6 Å². The number of amides is 2. The van der Waals surface area contributed by atoms with Crippen LogP contribution in [-0.4, -0.2) is 32.6 Å². The lowest BCUT2D eigenvalue weighted by Gasteiger charge is -2.30. The third-order valence-electron chi connectivity index (χ3n) is 5.66. The molecular formula is C23H28N2O4. The summed E-state index contributed by atoms with van der Waals surface area (Å²) in [6.45, 7) is 2.37. The van der Waals surface area contributed by atoms with Gasteiger partial charge < -0.3 is 20.1 Å². The van der Waals surface area contributed by atoms with Crippen LogP contribution in [0.15, 0.2) is 42.5 Å². The van der Waals surface area contributed by atoms with E-state index in [0.29, 0.717) is 23.7 Å². The number of rotatable bonds is 6. The zero-order valence-electron chi connectivity index (χ0n) is 17.2. The molecule has 0 bridgehead atoms. The number of methoxy groups -OCH3 is 2. The number of hydrogen-bond acceptors (Lipinski definition) is 4. The maximum atomic E-state index is 12.4. The number of benzene rings is 2. The molecule has 2 amide bonds. The Morgan fingerprint density at radius 2 is 1.59 bits per heavy atom. The molecule has 0 unspecified atom stereocenters. The summed E-state index contributed by atoms with van der Waals surface area (Å²) in [5, 5.41) is 5.48.